The van der Waals surface area contributed by atoms with Crippen molar-refractivity contribution in [3.63, 3.8) is 0 Å². The summed E-state index contributed by atoms with van der Waals surface area (Å²) in [6.45, 7) is 16.2. The van der Waals surface area contributed by atoms with Crippen LogP contribution in [0.4, 0.5) is 0 Å². The van der Waals surface area contributed by atoms with E-state index < -0.39 is 11.0 Å². The third-order valence-electron chi connectivity index (χ3n) is 13.4. The van der Waals surface area contributed by atoms with E-state index in [4.69, 9.17) is 4.74 Å². The number of aliphatic hydroxyl groups is 2. The Morgan fingerprint density at radius 1 is 0.800 bits per heavy atom. The summed E-state index contributed by atoms with van der Waals surface area (Å²) in [4.78, 5) is 14.5. The largest absolute Gasteiger partial charge is 0.393 e. The molecule has 5 aliphatic carbocycles. The molecule has 0 aliphatic heterocycles. The van der Waals surface area contributed by atoms with Gasteiger partial charge in [-0.05, 0) is 104 Å². The predicted molar refractivity (Wildman–Crippen MR) is 139 cm³/mol. The monoisotopic (exact) mass is 488 g/mol. The topological polar surface area (TPSA) is 66.8 Å². The molecule has 0 aromatic carbocycles. The van der Waals surface area contributed by atoms with Crippen LogP contribution in [0.15, 0.2) is 0 Å². The lowest BCUT2D eigenvalue weighted by molar-refractivity contribution is -0.220. The minimum absolute atomic E-state index is 0.0677. The summed E-state index contributed by atoms with van der Waals surface area (Å²) >= 11 is 0. The molecule has 0 radical (unpaired) electrons. The van der Waals surface area contributed by atoms with Gasteiger partial charge in [-0.3, -0.25) is 4.79 Å². The number of carbonyl (C=O) groups excluding carboxylic acids is 1. The molecule has 5 rings (SSSR count). The molecule has 2 N–H and O–H groups in total. The lowest BCUT2D eigenvalue weighted by Crippen LogP contribution is -2.64. The van der Waals surface area contributed by atoms with Crippen LogP contribution in [0.25, 0.3) is 0 Å². The molecule has 4 heteroatoms. The van der Waals surface area contributed by atoms with Crippen LogP contribution in [-0.4, -0.2) is 40.9 Å². The van der Waals surface area contributed by atoms with Gasteiger partial charge in [0, 0.05) is 18.4 Å². The van der Waals surface area contributed by atoms with Crippen LogP contribution in [0.3, 0.4) is 0 Å². The van der Waals surface area contributed by atoms with Gasteiger partial charge in [-0.15, -0.1) is 0 Å². The Labute approximate surface area is 214 Å². The van der Waals surface area contributed by atoms with E-state index in [2.05, 4.69) is 48.5 Å². The summed E-state index contributed by atoms with van der Waals surface area (Å²) < 4.78 is 5.98. The number of rotatable bonds is 1. The van der Waals surface area contributed by atoms with Gasteiger partial charge in [0.05, 0.1) is 17.8 Å². The van der Waals surface area contributed by atoms with Crippen LogP contribution in [0.1, 0.15) is 113 Å². The Morgan fingerprint density at radius 2 is 1.46 bits per heavy atom. The normalized spacial score (nSPS) is 55.1. The van der Waals surface area contributed by atoms with Gasteiger partial charge in [-0.25, -0.2) is 0 Å². The summed E-state index contributed by atoms with van der Waals surface area (Å²) in [5.41, 5.74) is -1.31. The van der Waals surface area contributed by atoms with E-state index in [1.165, 1.54) is 6.42 Å². The van der Waals surface area contributed by atoms with Crippen molar-refractivity contribution in [3.8, 4) is 0 Å². The maximum Gasteiger partial charge on any atom is 0.145 e. The van der Waals surface area contributed by atoms with E-state index in [-0.39, 0.29) is 39.6 Å². The number of aliphatic hydroxyl groups excluding tert-OH is 1. The molecule has 0 aromatic heterocycles. The van der Waals surface area contributed by atoms with E-state index in [9.17, 15) is 15.0 Å². The minimum atomic E-state index is -0.911. The van der Waals surface area contributed by atoms with E-state index in [0.29, 0.717) is 36.6 Å². The van der Waals surface area contributed by atoms with Crippen molar-refractivity contribution >= 4 is 5.78 Å². The van der Waals surface area contributed by atoms with E-state index in [1.54, 1.807) is 0 Å². The molecule has 0 amide bonds. The van der Waals surface area contributed by atoms with E-state index in [1.807, 2.05) is 7.11 Å². The molecule has 35 heavy (non-hydrogen) atoms. The third kappa shape index (κ3) is 3.37. The smallest absolute Gasteiger partial charge is 0.145 e. The minimum Gasteiger partial charge on any atom is -0.393 e. The maximum absolute atomic E-state index is 14.5. The zero-order valence-corrected chi connectivity index (χ0v) is 23.7. The molecule has 0 bridgehead atoms. The van der Waals surface area contributed by atoms with E-state index in [0.717, 1.165) is 44.9 Å². The number of hydrogen-bond acceptors (Lipinski definition) is 4. The van der Waals surface area contributed by atoms with Gasteiger partial charge in [0.25, 0.3) is 0 Å². The van der Waals surface area contributed by atoms with Gasteiger partial charge in [0.1, 0.15) is 5.78 Å². The fraction of sp³-hybridized carbons (Fsp3) is 0.968. The van der Waals surface area contributed by atoms with Crippen molar-refractivity contribution < 1.29 is 19.7 Å². The molecule has 0 heterocycles. The second kappa shape index (κ2) is 7.79. The fourth-order valence-electron chi connectivity index (χ4n) is 11.5. The molecule has 4 nitrogen and oxygen atoms in total. The number of Topliss-reactive ketones (excluding diaryl/α,β-unsaturated/α-hetero) is 1. The average Bonchev–Trinajstić information content (AvgIpc) is 2.82. The zero-order chi connectivity index (χ0) is 25.8. The van der Waals surface area contributed by atoms with Crippen LogP contribution in [0.5, 0.6) is 0 Å². The quantitative estimate of drug-likeness (QED) is 0.463. The van der Waals surface area contributed by atoms with Gasteiger partial charge >= 0.3 is 0 Å². The number of ketones is 1. The highest BCUT2D eigenvalue weighted by Crippen LogP contribution is 2.71. The van der Waals surface area contributed by atoms with Crippen LogP contribution >= 0.6 is 0 Å². The van der Waals surface area contributed by atoms with Gasteiger partial charge in [-0.2, -0.15) is 0 Å². The van der Waals surface area contributed by atoms with Crippen molar-refractivity contribution in [1.82, 2.24) is 0 Å². The first-order chi connectivity index (χ1) is 16.1. The van der Waals surface area contributed by atoms with Gasteiger partial charge in [0.15, 0.2) is 0 Å². The molecule has 0 unspecified atom stereocenters. The summed E-state index contributed by atoms with van der Waals surface area (Å²) in [7, 11) is 1.87. The summed E-state index contributed by atoms with van der Waals surface area (Å²) in [6.07, 6.45) is 9.01. The van der Waals surface area contributed by atoms with Crippen molar-refractivity contribution in [2.45, 2.75) is 130 Å². The second-order valence-electron chi connectivity index (χ2n) is 15.7. The van der Waals surface area contributed by atoms with E-state index >= 15 is 0 Å². The number of fused-ring (bicyclic) bond motifs is 5. The number of methoxy groups -OCH3 is 1. The SMILES string of the molecule is CO[C@H]1CC[C@@]2(C)[C@@H](CC[C@@]3(C)C[C@@]4(O)CC[C@H]5C(C)(C)[C@H](O)CC[C@]5(C)C(=O)[C@@H]4C[C@@H]32)C1(C)C. The van der Waals surface area contributed by atoms with Crippen LogP contribution < -0.4 is 0 Å². The molecule has 0 spiro atoms. The van der Waals surface area contributed by atoms with Crippen LogP contribution in [-0.2, 0) is 9.53 Å². The summed E-state index contributed by atoms with van der Waals surface area (Å²) in [5.74, 6) is 1.17. The molecule has 5 aliphatic rings. The van der Waals surface area contributed by atoms with Crippen LogP contribution in [0, 0.1) is 50.7 Å². The number of ether oxygens (including phenoxy) is 1. The molecule has 5 fully saturated rings. The lowest BCUT2D eigenvalue weighted by Gasteiger charge is -2.67. The summed E-state index contributed by atoms with van der Waals surface area (Å²) in [5, 5.41) is 23.2. The molecule has 0 aromatic rings. The highest BCUT2D eigenvalue weighted by atomic mass is 16.5. The first kappa shape index (κ1) is 26.2. The molecular formula is C31H52O4. The predicted octanol–water partition coefficient (Wildman–Crippen LogP) is 6.17. The molecule has 200 valence electrons. The van der Waals surface area contributed by atoms with Gasteiger partial charge < -0.3 is 14.9 Å². The Balaban J connectivity index is 1.54. The molecular weight excluding hydrogens is 436 g/mol. The Morgan fingerprint density at radius 3 is 2.11 bits per heavy atom. The van der Waals surface area contributed by atoms with Crippen molar-refractivity contribution in [3.05, 3.63) is 0 Å². The van der Waals surface area contributed by atoms with Crippen LogP contribution in [0.2, 0.25) is 0 Å². The van der Waals surface area contributed by atoms with Crippen molar-refractivity contribution in [2.75, 3.05) is 7.11 Å². The Bertz CT molecular complexity index is 879. The average molecular weight is 489 g/mol. The molecule has 5 saturated carbocycles. The third-order valence-corrected chi connectivity index (χ3v) is 13.4. The number of hydrogen-bond donors (Lipinski definition) is 2. The lowest BCUT2D eigenvalue weighted by atomic mass is 9.38. The zero-order valence-electron chi connectivity index (χ0n) is 23.7. The standard InChI is InChI=1S/C31H52O4/c1-26(2)20-10-16-31(34)18-28(5)13-9-21-27(3,4)24(35-8)12-15-29(21,6)22(28)17-19(31)25(33)30(20,7)14-11-23(26)32/h19-24,32,34H,9-18H2,1-8H3/t19-,20-,21-,22-,23+,24-,28-,29-,30-,31-/m0/s1. The van der Waals surface area contributed by atoms with Gasteiger partial charge in [-0.1, -0.05) is 48.5 Å². The Hall–Kier alpha value is -0.450. The first-order valence-corrected chi connectivity index (χ1v) is 14.5. The first-order valence-electron chi connectivity index (χ1n) is 14.5. The van der Waals surface area contributed by atoms with Crippen molar-refractivity contribution in [1.29, 1.82) is 0 Å². The summed E-state index contributed by atoms with van der Waals surface area (Å²) in [6, 6.07) is 0. The molecule has 10 atom stereocenters. The molecule has 0 saturated heterocycles. The second-order valence-corrected chi connectivity index (χ2v) is 15.7. The fourth-order valence-corrected chi connectivity index (χ4v) is 11.5. The highest BCUT2D eigenvalue weighted by molar-refractivity contribution is 5.89. The number of carbonyl (C=O) groups is 1. The Kier molecular flexibility index (Phi) is 5.82. The highest BCUT2D eigenvalue weighted by Gasteiger charge is 2.68. The van der Waals surface area contributed by atoms with Gasteiger partial charge in [0.2, 0.25) is 0 Å². The maximum atomic E-state index is 14.5. The van der Waals surface area contributed by atoms with Crippen molar-refractivity contribution in [2.24, 2.45) is 50.7 Å².